The van der Waals surface area contributed by atoms with Crippen LogP contribution in [0.25, 0.3) is 0 Å². The SMILES string of the molecule is COc1ccc(S(=O)(=O)NCCOc2ccc(C(C)(C)C)cc2)c(C)c1C. The van der Waals surface area contributed by atoms with Crippen LogP contribution in [0.3, 0.4) is 0 Å². The van der Waals surface area contributed by atoms with Crippen LogP contribution in [0.15, 0.2) is 41.3 Å². The summed E-state index contributed by atoms with van der Waals surface area (Å²) < 4.78 is 38.6. The smallest absolute Gasteiger partial charge is 0.240 e. The molecule has 2 aromatic rings. The van der Waals surface area contributed by atoms with E-state index in [2.05, 4.69) is 25.5 Å². The molecular formula is C21H29NO4S. The normalized spacial score (nSPS) is 12.1. The Morgan fingerprint density at radius 2 is 1.59 bits per heavy atom. The monoisotopic (exact) mass is 391 g/mol. The van der Waals surface area contributed by atoms with Crippen molar-refractivity contribution in [3.05, 3.63) is 53.1 Å². The van der Waals surface area contributed by atoms with Gasteiger partial charge in [0.15, 0.2) is 0 Å². The lowest BCUT2D eigenvalue weighted by molar-refractivity contribution is 0.322. The first-order chi connectivity index (χ1) is 12.6. The summed E-state index contributed by atoms with van der Waals surface area (Å²) in [6.45, 7) is 10.5. The molecule has 0 heterocycles. The van der Waals surface area contributed by atoms with E-state index in [1.165, 1.54) is 5.56 Å². The summed E-state index contributed by atoms with van der Waals surface area (Å²) in [7, 11) is -2.04. The lowest BCUT2D eigenvalue weighted by atomic mass is 9.87. The number of methoxy groups -OCH3 is 1. The fourth-order valence-corrected chi connectivity index (χ4v) is 4.07. The molecule has 5 nitrogen and oxygen atoms in total. The van der Waals surface area contributed by atoms with Crippen LogP contribution in [0.2, 0.25) is 0 Å². The van der Waals surface area contributed by atoms with Crippen molar-refractivity contribution in [2.45, 2.75) is 44.9 Å². The van der Waals surface area contributed by atoms with E-state index in [1.807, 2.05) is 31.2 Å². The fourth-order valence-electron chi connectivity index (χ4n) is 2.76. The fraction of sp³-hybridized carbons (Fsp3) is 0.429. The van der Waals surface area contributed by atoms with Crippen molar-refractivity contribution in [1.82, 2.24) is 4.72 Å². The zero-order valence-corrected chi connectivity index (χ0v) is 17.7. The summed E-state index contributed by atoms with van der Waals surface area (Å²) in [5.41, 5.74) is 2.81. The highest BCUT2D eigenvalue weighted by atomic mass is 32.2. The quantitative estimate of drug-likeness (QED) is 0.726. The molecule has 148 valence electrons. The van der Waals surface area contributed by atoms with Gasteiger partial charge in [0.2, 0.25) is 10.0 Å². The van der Waals surface area contributed by atoms with Crippen LogP contribution >= 0.6 is 0 Å². The van der Waals surface area contributed by atoms with E-state index in [4.69, 9.17) is 9.47 Å². The molecule has 0 bridgehead atoms. The second-order valence-corrected chi connectivity index (χ2v) is 9.27. The molecule has 2 aromatic carbocycles. The first kappa shape index (κ1) is 21.3. The molecule has 0 aliphatic rings. The molecule has 0 radical (unpaired) electrons. The molecule has 0 atom stereocenters. The van der Waals surface area contributed by atoms with Crippen LogP contribution in [0.1, 0.15) is 37.5 Å². The van der Waals surface area contributed by atoms with Crippen LogP contribution in [-0.2, 0) is 15.4 Å². The van der Waals surface area contributed by atoms with E-state index < -0.39 is 10.0 Å². The molecule has 0 spiro atoms. The van der Waals surface area contributed by atoms with Crippen molar-refractivity contribution in [2.24, 2.45) is 0 Å². The molecule has 0 saturated carbocycles. The third-order valence-electron chi connectivity index (χ3n) is 4.58. The van der Waals surface area contributed by atoms with Gasteiger partial charge in [0.1, 0.15) is 18.1 Å². The van der Waals surface area contributed by atoms with Gasteiger partial charge in [0.05, 0.1) is 12.0 Å². The maximum atomic E-state index is 12.6. The Hall–Kier alpha value is -2.05. The van der Waals surface area contributed by atoms with E-state index in [0.717, 1.165) is 11.3 Å². The maximum absolute atomic E-state index is 12.6. The van der Waals surface area contributed by atoms with Gasteiger partial charge in [-0.05, 0) is 60.2 Å². The van der Waals surface area contributed by atoms with Gasteiger partial charge in [-0.15, -0.1) is 0 Å². The first-order valence-corrected chi connectivity index (χ1v) is 10.4. The highest BCUT2D eigenvalue weighted by Crippen LogP contribution is 2.27. The van der Waals surface area contributed by atoms with Crippen LogP contribution in [0, 0.1) is 13.8 Å². The molecule has 27 heavy (non-hydrogen) atoms. The maximum Gasteiger partial charge on any atom is 0.240 e. The lowest BCUT2D eigenvalue weighted by Gasteiger charge is -2.19. The second kappa shape index (κ2) is 8.31. The third kappa shape index (κ3) is 5.23. The van der Waals surface area contributed by atoms with Gasteiger partial charge < -0.3 is 9.47 Å². The van der Waals surface area contributed by atoms with Gasteiger partial charge in [0, 0.05) is 6.54 Å². The summed E-state index contributed by atoms with van der Waals surface area (Å²) in [6.07, 6.45) is 0. The van der Waals surface area contributed by atoms with Crippen molar-refractivity contribution in [3.63, 3.8) is 0 Å². The van der Waals surface area contributed by atoms with E-state index in [-0.39, 0.29) is 23.5 Å². The first-order valence-electron chi connectivity index (χ1n) is 8.93. The van der Waals surface area contributed by atoms with Crippen molar-refractivity contribution in [2.75, 3.05) is 20.3 Å². The lowest BCUT2D eigenvalue weighted by Crippen LogP contribution is -2.29. The predicted molar refractivity (Wildman–Crippen MR) is 108 cm³/mol. The molecule has 1 N–H and O–H groups in total. The third-order valence-corrected chi connectivity index (χ3v) is 6.19. The molecule has 0 aliphatic heterocycles. The summed E-state index contributed by atoms with van der Waals surface area (Å²) in [5, 5.41) is 0. The molecule has 0 saturated heterocycles. The number of rotatable bonds is 7. The standard InChI is InChI=1S/C21H29NO4S/c1-15-16(2)20(12-11-19(15)25-6)27(23,24)22-13-14-26-18-9-7-17(8-10-18)21(3,4)5/h7-12,22H,13-14H2,1-6H3. The van der Waals surface area contributed by atoms with Gasteiger partial charge in [-0.2, -0.15) is 0 Å². The zero-order chi connectivity index (χ0) is 20.2. The average Bonchev–Trinajstić information content (AvgIpc) is 2.60. The molecular weight excluding hydrogens is 362 g/mol. The van der Waals surface area contributed by atoms with Crippen LogP contribution < -0.4 is 14.2 Å². The van der Waals surface area contributed by atoms with E-state index in [0.29, 0.717) is 11.3 Å². The Kier molecular flexibility index (Phi) is 6.54. The number of benzene rings is 2. The summed E-state index contributed by atoms with van der Waals surface area (Å²) in [5.74, 6) is 1.40. The number of hydrogen-bond donors (Lipinski definition) is 1. The Labute approximate surface area is 162 Å². The van der Waals surface area contributed by atoms with Gasteiger partial charge in [0.25, 0.3) is 0 Å². The topological polar surface area (TPSA) is 64.6 Å². The van der Waals surface area contributed by atoms with E-state index in [1.54, 1.807) is 26.2 Å². The molecule has 0 aromatic heterocycles. The number of nitrogens with one attached hydrogen (secondary N) is 1. The van der Waals surface area contributed by atoms with Gasteiger partial charge in [-0.1, -0.05) is 32.9 Å². The largest absolute Gasteiger partial charge is 0.496 e. The van der Waals surface area contributed by atoms with E-state index in [9.17, 15) is 8.42 Å². The minimum Gasteiger partial charge on any atom is -0.496 e. The predicted octanol–water partition coefficient (Wildman–Crippen LogP) is 3.97. The Morgan fingerprint density at radius 3 is 2.15 bits per heavy atom. The molecule has 0 fully saturated rings. The number of ether oxygens (including phenoxy) is 2. The zero-order valence-electron chi connectivity index (χ0n) is 16.9. The molecule has 0 aliphatic carbocycles. The van der Waals surface area contributed by atoms with Crippen LogP contribution in [0.5, 0.6) is 11.5 Å². The van der Waals surface area contributed by atoms with Gasteiger partial charge >= 0.3 is 0 Å². The van der Waals surface area contributed by atoms with E-state index >= 15 is 0 Å². The van der Waals surface area contributed by atoms with Crippen molar-refractivity contribution in [1.29, 1.82) is 0 Å². The second-order valence-electron chi connectivity index (χ2n) is 7.54. The van der Waals surface area contributed by atoms with Crippen molar-refractivity contribution in [3.8, 4) is 11.5 Å². The van der Waals surface area contributed by atoms with Crippen molar-refractivity contribution >= 4 is 10.0 Å². The number of hydrogen-bond acceptors (Lipinski definition) is 4. The summed E-state index contributed by atoms with van der Waals surface area (Å²) >= 11 is 0. The highest BCUT2D eigenvalue weighted by Gasteiger charge is 2.19. The van der Waals surface area contributed by atoms with Crippen molar-refractivity contribution < 1.29 is 17.9 Å². The summed E-state index contributed by atoms with van der Waals surface area (Å²) in [4.78, 5) is 0.260. The molecule has 0 amide bonds. The molecule has 2 rings (SSSR count). The number of sulfonamides is 1. The Balaban J connectivity index is 1.96. The van der Waals surface area contributed by atoms with Crippen LogP contribution in [0.4, 0.5) is 0 Å². The molecule has 6 heteroatoms. The van der Waals surface area contributed by atoms with Gasteiger partial charge in [-0.25, -0.2) is 13.1 Å². The van der Waals surface area contributed by atoms with Gasteiger partial charge in [-0.3, -0.25) is 0 Å². The Bertz CT molecular complexity index is 882. The van der Waals surface area contributed by atoms with Crippen LogP contribution in [-0.4, -0.2) is 28.7 Å². The Morgan fingerprint density at radius 1 is 0.963 bits per heavy atom. The highest BCUT2D eigenvalue weighted by molar-refractivity contribution is 7.89. The minimum absolute atomic E-state index is 0.0858. The minimum atomic E-state index is -3.60. The molecule has 0 unspecified atom stereocenters. The average molecular weight is 392 g/mol. The summed E-state index contributed by atoms with van der Waals surface area (Å²) in [6, 6.07) is 11.1.